The molecule has 0 bridgehead atoms. The molecule has 8 nitrogen and oxygen atoms in total. The summed E-state index contributed by atoms with van der Waals surface area (Å²) in [4.78, 5) is 24.6. The second kappa shape index (κ2) is 6.32. The molecule has 0 aromatic carbocycles. The van der Waals surface area contributed by atoms with E-state index in [1.165, 1.54) is 6.20 Å². The summed E-state index contributed by atoms with van der Waals surface area (Å²) < 4.78 is 7.71. The Morgan fingerprint density at radius 1 is 1.28 bits per heavy atom. The summed E-state index contributed by atoms with van der Waals surface area (Å²) >= 11 is 3.38. The number of H-pyrrole nitrogens is 1. The smallest absolute Gasteiger partial charge is 0.359 e. The van der Waals surface area contributed by atoms with Crippen molar-refractivity contribution in [1.29, 1.82) is 0 Å². The molecule has 0 saturated carbocycles. The maximum absolute atomic E-state index is 12.5. The highest BCUT2D eigenvalue weighted by atomic mass is 79.9. The van der Waals surface area contributed by atoms with E-state index >= 15 is 0 Å². The maximum Gasteiger partial charge on any atom is 0.359 e. The van der Waals surface area contributed by atoms with Crippen LogP contribution in [-0.2, 0) is 4.74 Å². The Hall–Kier alpha value is -2.68. The lowest BCUT2D eigenvalue weighted by atomic mass is 10.2. The van der Waals surface area contributed by atoms with Gasteiger partial charge in [0.2, 0.25) is 0 Å². The van der Waals surface area contributed by atoms with Gasteiger partial charge in [-0.1, -0.05) is 0 Å². The molecule has 3 heterocycles. The molecule has 130 valence electrons. The Bertz CT molecular complexity index is 954. The fourth-order valence-corrected chi connectivity index (χ4v) is 2.55. The predicted molar refractivity (Wildman–Crippen MR) is 94.6 cm³/mol. The van der Waals surface area contributed by atoms with Crippen LogP contribution in [0, 0.1) is 0 Å². The van der Waals surface area contributed by atoms with E-state index in [0.717, 1.165) is 9.99 Å². The fraction of sp³-hybridized carbons (Fsp3) is 0.250. The maximum atomic E-state index is 12.5. The molecule has 9 heteroatoms. The van der Waals surface area contributed by atoms with Gasteiger partial charge in [0.1, 0.15) is 5.60 Å². The van der Waals surface area contributed by atoms with E-state index in [2.05, 4.69) is 36.5 Å². The van der Waals surface area contributed by atoms with Gasteiger partial charge < -0.3 is 10.1 Å². The summed E-state index contributed by atoms with van der Waals surface area (Å²) in [7, 11) is 0. The van der Waals surface area contributed by atoms with Crippen LogP contribution in [0.25, 0.3) is 5.52 Å². The number of hydrogen-bond donors (Lipinski definition) is 2. The molecule has 0 aliphatic heterocycles. The van der Waals surface area contributed by atoms with Crippen LogP contribution in [0.3, 0.4) is 0 Å². The van der Waals surface area contributed by atoms with Gasteiger partial charge in [0.25, 0.3) is 5.91 Å². The van der Waals surface area contributed by atoms with Gasteiger partial charge >= 0.3 is 5.97 Å². The molecule has 1 amide bonds. The molecule has 0 aliphatic rings. The van der Waals surface area contributed by atoms with Gasteiger partial charge in [0.05, 0.1) is 33.6 Å². The zero-order chi connectivity index (χ0) is 18.2. The number of carbonyl (C=O) groups is 2. The minimum Gasteiger partial charge on any atom is -0.455 e. The number of esters is 1. The van der Waals surface area contributed by atoms with E-state index in [1.807, 2.05) is 0 Å². The molecule has 0 fully saturated rings. The fourth-order valence-electron chi connectivity index (χ4n) is 2.15. The van der Waals surface area contributed by atoms with Crippen LogP contribution in [0.5, 0.6) is 0 Å². The average Bonchev–Trinajstić information content (AvgIpc) is 3.12. The molecular formula is C16H16BrN5O3. The van der Waals surface area contributed by atoms with Crippen molar-refractivity contribution in [1.82, 2.24) is 19.8 Å². The third kappa shape index (κ3) is 3.71. The number of aromatic amines is 1. The van der Waals surface area contributed by atoms with Crippen LogP contribution in [0.15, 0.2) is 35.2 Å². The second-order valence-electron chi connectivity index (χ2n) is 6.35. The second-order valence-corrected chi connectivity index (χ2v) is 7.21. The first-order valence-corrected chi connectivity index (χ1v) is 8.25. The number of fused-ring (bicyclic) bond motifs is 1. The predicted octanol–water partition coefficient (Wildman–Crippen LogP) is 3.03. The Balaban J connectivity index is 1.81. The first-order valence-electron chi connectivity index (χ1n) is 7.45. The van der Waals surface area contributed by atoms with E-state index in [4.69, 9.17) is 4.74 Å². The summed E-state index contributed by atoms with van der Waals surface area (Å²) in [5, 5.41) is 13.2. The summed E-state index contributed by atoms with van der Waals surface area (Å²) in [6.07, 6.45) is 4.61. The first-order chi connectivity index (χ1) is 11.7. The molecule has 0 radical (unpaired) electrons. The highest BCUT2D eigenvalue weighted by Crippen LogP contribution is 2.20. The van der Waals surface area contributed by atoms with Crippen molar-refractivity contribution in [3.05, 3.63) is 46.5 Å². The SMILES string of the molecule is CC(C)(C)OC(=O)c1[nH]ncc1NC(=O)c1ccc2c(Br)cnn2c1. The average molecular weight is 406 g/mol. The van der Waals surface area contributed by atoms with Gasteiger partial charge in [-0.15, -0.1) is 0 Å². The normalized spacial score (nSPS) is 11.5. The third-order valence-electron chi connectivity index (χ3n) is 3.22. The molecule has 3 aromatic rings. The number of carbonyl (C=O) groups excluding carboxylic acids is 2. The molecule has 3 aromatic heterocycles. The van der Waals surface area contributed by atoms with Gasteiger partial charge in [-0.3, -0.25) is 9.89 Å². The monoisotopic (exact) mass is 405 g/mol. The van der Waals surface area contributed by atoms with Gasteiger partial charge in [-0.05, 0) is 48.8 Å². The van der Waals surface area contributed by atoms with E-state index in [0.29, 0.717) is 5.56 Å². The number of nitrogens with one attached hydrogen (secondary N) is 2. The highest BCUT2D eigenvalue weighted by molar-refractivity contribution is 9.10. The van der Waals surface area contributed by atoms with Crippen molar-refractivity contribution in [2.45, 2.75) is 26.4 Å². The summed E-state index contributed by atoms with van der Waals surface area (Å²) in [5.74, 6) is -0.980. The molecule has 0 atom stereocenters. The minimum atomic E-state index is -0.651. The quantitative estimate of drug-likeness (QED) is 0.652. The van der Waals surface area contributed by atoms with E-state index < -0.39 is 11.6 Å². The Morgan fingerprint density at radius 3 is 2.76 bits per heavy atom. The van der Waals surface area contributed by atoms with Crippen molar-refractivity contribution in [3.63, 3.8) is 0 Å². The molecule has 0 aliphatic carbocycles. The van der Waals surface area contributed by atoms with Crippen LogP contribution >= 0.6 is 15.9 Å². The Labute approximate surface area is 151 Å². The number of pyridine rings is 1. The third-order valence-corrected chi connectivity index (χ3v) is 3.83. The van der Waals surface area contributed by atoms with E-state index in [1.54, 1.807) is 49.8 Å². The van der Waals surface area contributed by atoms with Crippen molar-refractivity contribution in [2.75, 3.05) is 5.32 Å². The molecule has 0 saturated heterocycles. The van der Waals surface area contributed by atoms with Crippen LogP contribution < -0.4 is 5.32 Å². The van der Waals surface area contributed by atoms with Crippen molar-refractivity contribution in [3.8, 4) is 0 Å². The minimum absolute atomic E-state index is 0.0891. The van der Waals surface area contributed by atoms with E-state index in [9.17, 15) is 9.59 Å². The van der Waals surface area contributed by atoms with Gasteiger partial charge in [0, 0.05) is 6.20 Å². The lowest BCUT2D eigenvalue weighted by molar-refractivity contribution is 0.00641. The molecule has 3 rings (SSSR count). The van der Waals surface area contributed by atoms with Crippen molar-refractivity contribution >= 4 is 39.0 Å². The van der Waals surface area contributed by atoms with Crippen LogP contribution in [0.2, 0.25) is 0 Å². The van der Waals surface area contributed by atoms with Crippen LogP contribution in [0.4, 0.5) is 5.69 Å². The number of anilines is 1. The zero-order valence-electron chi connectivity index (χ0n) is 13.8. The van der Waals surface area contributed by atoms with Crippen LogP contribution in [0.1, 0.15) is 41.6 Å². The number of amides is 1. The first kappa shape index (κ1) is 17.2. The van der Waals surface area contributed by atoms with Crippen LogP contribution in [-0.4, -0.2) is 37.3 Å². The largest absolute Gasteiger partial charge is 0.455 e. The lowest BCUT2D eigenvalue weighted by Crippen LogP contribution is -2.25. The number of rotatable bonds is 3. The summed E-state index contributed by atoms with van der Waals surface area (Å²) in [5.41, 5.74) is 0.919. The highest BCUT2D eigenvalue weighted by Gasteiger charge is 2.23. The van der Waals surface area contributed by atoms with E-state index in [-0.39, 0.29) is 17.3 Å². The number of hydrogen-bond acceptors (Lipinski definition) is 5. The Kier molecular flexibility index (Phi) is 4.34. The van der Waals surface area contributed by atoms with Gasteiger partial charge in [0.15, 0.2) is 5.69 Å². The molecule has 25 heavy (non-hydrogen) atoms. The standard InChI is InChI=1S/C16H16BrN5O3/c1-16(2,3)25-15(24)13-11(7-18-21-13)20-14(23)9-4-5-12-10(17)6-19-22(12)8-9/h4-8H,1-3H3,(H,18,21)(H,20,23). The molecule has 0 spiro atoms. The molecule has 0 unspecified atom stereocenters. The summed E-state index contributed by atoms with van der Waals surface area (Å²) in [6, 6.07) is 3.44. The topological polar surface area (TPSA) is 101 Å². The number of aromatic nitrogens is 4. The molecule has 2 N–H and O–H groups in total. The van der Waals surface area contributed by atoms with Gasteiger partial charge in [-0.25, -0.2) is 9.31 Å². The van der Waals surface area contributed by atoms with Gasteiger partial charge in [-0.2, -0.15) is 10.2 Å². The number of ether oxygens (including phenoxy) is 1. The number of nitrogens with zero attached hydrogens (tertiary/aromatic N) is 3. The van der Waals surface area contributed by atoms with Crippen molar-refractivity contribution < 1.29 is 14.3 Å². The van der Waals surface area contributed by atoms with Crippen molar-refractivity contribution in [2.24, 2.45) is 0 Å². The summed E-state index contributed by atoms with van der Waals surface area (Å²) in [6.45, 7) is 5.28. The Morgan fingerprint density at radius 2 is 2.04 bits per heavy atom. The number of halogens is 1. The zero-order valence-corrected chi connectivity index (χ0v) is 15.4. The lowest BCUT2D eigenvalue weighted by Gasteiger charge is -2.19. The molecular weight excluding hydrogens is 390 g/mol.